The number of fused-ring (bicyclic) bond motifs is 1. The van der Waals surface area contributed by atoms with Crippen LogP contribution in [0.15, 0.2) is 18.5 Å². The van der Waals surface area contributed by atoms with Crippen molar-refractivity contribution in [2.24, 2.45) is 0 Å². The van der Waals surface area contributed by atoms with E-state index in [1.165, 1.54) is 6.33 Å². The fourth-order valence-corrected chi connectivity index (χ4v) is 2.74. The summed E-state index contributed by atoms with van der Waals surface area (Å²) in [5.41, 5.74) is 1.77. The van der Waals surface area contributed by atoms with Crippen LogP contribution in [0.25, 0.3) is 5.65 Å². The molecule has 0 aliphatic carbocycles. The van der Waals surface area contributed by atoms with Crippen LogP contribution in [0.3, 0.4) is 0 Å². The summed E-state index contributed by atoms with van der Waals surface area (Å²) in [4.78, 5) is 4.11. The average molecular weight is 283 g/mol. The van der Waals surface area contributed by atoms with Crippen LogP contribution >= 0.6 is 0 Å². The van der Waals surface area contributed by atoms with Crippen LogP contribution in [0, 0.1) is 6.92 Å². The van der Waals surface area contributed by atoms with E-state index in [0.717, 1.165) is 17.0 Å². The summed E-state index contributed by atoms with van der Waals surface area (Å²) >= 11 is 0. The molecule has 2 aromatic heterocycles. The van der Waals surface area contributed by atoms with Gasteiger partial charge in [0, 0.05) is 13.1 Å². The number of hydrogen-bond donors (Lipinski definition) is 2. The predicted octanol–water partition coefficient (Wildman–Crippen LogP) is 0.389. The van der Waals surface area contributed by atoms with Crippen LogP contribution in [-0.2, 0) is 10.0 Å². The zero-order valence-electron chi connectivity index (χ0n) is 10.9. The van der Waals surface area contributed by atoms with Gasteiger partial charge in [-0.05, 0) is 24.6 Å². The summed E-state index contributed by atoms with van der Waals surface area (Å²) < 4.78 is 27.1. The van der Waals surface area contributed by atoms with Crippen molar-refractivity contribution in [1.82, 2.24) is 19.3 Å². The quantitative estimate of drug-likeness (QED) is 0.800. The van der Waals surface area contributed by atoms with Gasteiger partial charge >= 0.3 is 0 Å². The molecule has 0 amide bonds. The Kier molecular flexibility index (Phi) is 4.01. The maximum Gasteiger partial charge on any atom is 0.213 e. The summed E-state index contributed by atoms with van der Waals surface area (Å²) in [6, 6.07) is 3.81. The minimum absolute atomic E-state index is 0.0188. The van der Waals surface area contributed by atoms with Gasteiger partial charge in [-0.2, -0.15) is 9.61 Å². The molecule has 0 aliphatic rings. The fraction of sp³-hybridized carbons (Fsp3) is 0.455. The second-order valence-electron chi connectivity index (χ2n) is 4.19. The lowest BCUT2D eigenvalue weighted by atomic mass is 10.3. The van der Waals surface area contributed by atoms with Gasteiger partial charge in [0.2, 0.25) is 10.0 Å². The standard InChI is InChI=1S/C11H17N5O2S/c1-3-15-19(17,18)5-4-12-10-6-9(2)7-11-13-8-14-16(10)11/h6-8,12,15H,3-5H2,1-2H3. The second kappa shape index (κ2) is 5.54. The van der Waals surface area contributed by atoms with E-state index in [0.29, 0.717) is 13.1 Å². The van der Waals surface area contributed by atoms with Crippen molar-refractivity contribution in [3.8, 4) is 0 Å². The van der Waals surface area contributed by atoms with Crippen molar-refractivity contribution in [1.29, 1.82) is 0 Å². The molecule has 0 atom stereocenters. The van der Waals surface area contributed by atoms with Gasteiger partial charge in [0.1, 0.15) is 12.1 Å². The summed E-state index contributed by atoms with van der Waals surface area (Å²) in [7, 11) is -3.21. The third-order valence-electron chi connectivity index (χ3n) is 2.56. The van der Waals surface area contributed by atoms with Crippen molar-refractivity contribution in [2.45, 2.75) is 13.8 Å². The van der Waals surface area contributed by atoms with Gasteiger partial charge in [-0.25, -0.2) is 18.1 Å². The lowest BCUT2D eigenvalue weighted by Gasteiger charge is -2.09. The van der Waals surface area contributed by atoms with Crippen molar-refractivity contribution in [3.63, 3.8) is 0 Å². The minimum atomic E-state index is -3.21. The highest BCUT2D eigenvalue weighted by Gasteiger charge is 2.09. The Morgan fingerprint density at radius 1 is 1.37 bits per heavy atom. The Morgan fingerprint density at radius 2 is 2.16 bits per heavy atom. The topological polar surface area (TPSA) is 88.4 Å². The molecule has 0 unspecified atom stereocenters. The van der Waals surface area contributed by atoms with E-state index in [-0.39, 0.29) is 5.75 Å². The van der Waals surface area contributed by atoms with E-state index >= 15 is 0 Å². The number of sulfonamides is 1. The zero-order valence-corrected chi connectivity index (χ0v) is 11.7. The second-order valence-corrected chi connectivity index (χ2v) is 6.12. The summed E-state index contributed by atoms with van der Waals surface area (Å²) in [6.07, 6.45) is 1.47. The first-order valence-corrected chi connectivity index (χ1v) is 7.68. The molecule has 0 saturated heterocycles. The highest BCUT2D eigenvalue weighted by atomic mass is 32.2. The molecule has 104 valence electrons. The molecular weight excluding hydrogens is 266 g/mol. The summed E-state index contributed by atoms with van der Waals surface area (Å²) in [6.45, 7) is 4.42. The smallest absolute Gasteiger partial charge is 0.213 e. The Bertz CT molecular complexity index is 665. The van der Waals surface area contributed by atoms with Crippen molar-refractivity contribution < 1.29 is 8.42 Å². The fourth-order valence-electron chi connectivity index (χ4n) is 1.79. The number of aromatic nitrogens is 3. The van der Waals surface area contributed by atoms with Crippen molar-refractivity contribution in [3.05, 3.63) is 24.0 Å². The van der Waals surface area contributed by atoms with E-state index in [9.17, 15) is 8.42 Å². The van der Waals surface area contributed by atoms with Gasteiger partial charge < -0.3 is 5.32 Å². The molecule has 0 spiro atoms. The largest absolute Gasteiger partial charge is 0.369 e. The number of pyridine rings is 1. The lowest BCUT2D eigenvalue weighted by molar-refractivity contribution is 0.584. The van der Waals surface area contributed by atoms with E-state index in [4.69, 9.17) is 0 Å². The number of aryl methyl sites for hydroxylation is 1. The van der Waals surface area contributed by atoms with Crippen LogP contribution in [-0.4, -0.2) is 41.9 Å². The van der Waals surface area contributed by atoms with Crippen LogP contribution < -0.4 is 10.0 Å². The molecule has 8 heteroatoms. The zero-order chi connectivity index (χ0) is 13.9. The lowest BCUT2D eigenvalue weighted by Crippen LogP contribution is -2.29. The van der Waals surface area contributed by atoms with Gasteiger partial charge in [-0.1, -0.05) is 6.92 Å². The van der Waals surface area contributed by atoms with E-state index < -0.39 is 10.0 Å². The van der Waals surface area contributed by atoms with Crippen LogP contribution in [0.2, 0.25) is 0 Å². The predicted molar refractivity (Wildman–Crippen MR) is 73.7 cm³/mol. The number of nitrogens with zero attached hydrogens (tertiary/aromatic N) is 3. The Labute approximate surface area is 112 Å². The normalized spacial score (nSPS) is 11.9. The first-order valence-electron chi connectivity index (χ1n) is 6.03. The molecule has 2 rings (SSSR count). The number of anilines is 1. The van der Waals surface area contributed by atoms with Gasteiger partial charge in [0.15, 0.2) is 5.65 Å². The van der Waals surface area contributed by atoms with Gasteiger partial charge in [-0.3, -0.25) is 0 Å². The molecular formula is C11H17N5O2S. The maximum absolute atomic E-state index is 11.5. The van der Waals surface area contributed by atoms with Crippen LogP contribution in [0.5, 0.6) is 0 Å². The van der Waals surface area contributed by atoms with Crippen molar-refractivity contribution >= 4 is 21.5 Å². The maximum atomic E-state index is 11.5. The molecule has 7 nitrogen and oxygen atoms in total. The third-order valence-corrected chi connectivity index (χ3v) is 4.03. The van der Waals surface area contributed by atoms with Gasteiger partial charge in [-0.15, -0.1) is 0 Å². The Morgan fingerprint density at radius 3 is 2.89 bits per heavy atom. The summed E-state index contributed by atoms with van der Waals surface area (Å²) in [5.74, 6) is 0.754. The molecule has 0 saturated carbocycles. The third kappa shape index (κ3) is 3.42. The number of nitrogens with one attached hydrogen (secondary N) is 2. The van der Waals surface area contributed by atoms with Crippen molar-refractivity contribution in [2.75, 3.05) is 24.2 Å². The molecule has 19 heavy (non-hydrogen) atoms. The Hall–Kier alpha value is -1.67. The monoisotopic (exact) mass is 283 g/mol. The number of rotatable bonds is 6. The van der Waals surface area contributed by atoms with E-state index in [2.05, 4.69) is 20.1 Å². The summed E-state index contributed by atoms with van der Waals surface area (Å²) in [5, 5.41) is 7.16. The van der Waals surface area contributed by atoms with Crippen LogP contribution in [0.1, 0.15) is 12.5 Å². The molecule has 2 heterocycles. The SMILES string of the molecule is CCNS(=O)(=O)CCNc1cc(C)cc2ncnn12. The molecule has 0 radical (unpaired) electrons. The first-order chi connectivity index (χ1) is 9.02. The molecule has 0 fully saturated rings. The minimum Gasteiger partial charge on any atom is -0.369 e. The van der Waals surface area contributed by atoms with E-state index in [1.807, 2.05) is 19.1 Å². The van der Waals surface area contributed by atoms with Gasteiger partial charge in [0.05, 0.1) is 5.75 Å². The highest BCUT2D eigenvalue weighted by Crippen LogP contribution is 2.12. The van der Waals surface area contributed by atoms with Gasteiger partial charge in [0.25, 0.3) is 0 Å². The number of hydrogen-bond acceptors (Lipinski definition) is 5. The first kappa shape index (κ1) is 13.8. The average Bonchev–Trinajstić information content (AvgIpc) is 2.76. The molecule has 0 aromatic carbocycles. The molecule has 2 aromatic rings. The van der Waals surface area contributed by atoms with E-state index in [1.54, 1.807) is 11.4 Å². The van der Waals surface area contributed by atoms with Crippen LogP contribution in [0.4, 0.5) is 5.82 Å². The molecule has 2 N–H and O–H groups in total. The molecule has 0 aliphatic heterocycles. The molecule has 0 bridgehead atoms. The highest BCUT2D eigenvalue weighted by molar-refractivity contribution is 7.89. The Balaban J connectivity index is 2.08.